The zero-order valence-electron chi connectivity index (χ0n) is 17.2. The molecule has 0 spiro atoms. The zero-order valence-corrected chi connectivity index (χ0v) is 18.0. The van der Waals surface area contributed by atoms with E-state index in [0.717, 1.165) is 31.4 Å². The number of anilines is 4. The number of nitrogens with zero attached hydrogens (tertiary/aromatic N) is 4. The smallest absolute Gasteiger partial charge is 0.371 e. The van der Waals surface area contributed by atoms with Crippen molar-refractivity contribution < 1.29 is 18.0 Å². The van der Waals surface area contributed by atoms with Gasteiger partial charge in [-0.25, -0.2) is 4.98 Å². The molecule has 3 heterocycles. The first-order valence-electron chi connectivity index (χ1n) is 10.1. The van der Waals surface area contributed by atoms with Crippen molar-refractivity contribution in [2.75, 3.05) is 41.3 Å². The van der Waals surface area contributed by atoms with Crippen LogP contribution >= 0.6 is 12.4 Å². The third kappa shape index (κ3) is 5.16. The van der Waals surface area contributed by atoms with Gasteiger partial charge in [0.25, 0.3) is 5.91 Å². The SMILES string of the molecule is Cl.NC(=O)c1cnc(N2CCC[C@H](N)C2)nc1Nc1cc(N2CCC2)cc(C(F)(F)F)c1. The number of benzene rings is 1. The van der Waals surface area contributed by atoms with Crippen molar-refractivity contribution in [3.8, 4) is 0 Å². The molecule has 0 radical (unpaired) electrons. The lowest BCUT2D eigenvalue weighted by molar-refractivity contribution is -0.137. The fourth-order valence-electron chi connectivity index (χ4n) is 3.73. The molecule has 0 bridgehead atoms. The van der Waals surface area contributed by atoms with E-state index >= 15 is 0 Å². The molecule has 0 aliphatic carbocycles. The summed E-state index contributed by atoms with van der Waals surface area (Å²) in [5.41, 5.74) is 11.3. The van der Waals surface area contributed by atoms with Crippen LogP contribution in [0.15, 0.2) is 24.4 Å². The highest BCUT2D eigenvalue weighted by Crippen LogP contribution is 2.36. The lowest BCUT2D eigenvalue weighted by Crippen LogP contribution is -2.43. The van der Waals surface area contributed by atoms with Gasteiger partial charge in [-0.15, -0.1) is 12.4 Å². The number of aromatic nitrogens is 2. The first-order valence-corrected chi connectivity index (χ1v) is 10.1. The van der Waals surface area contributed by atoms with Crippen LogP contribution in [0.25, 0.3) is 0 Å². The predicted molar refractivity (Wildman–Crippen MR) is 119 cm³/mol. The Hall–Kier alpha value is -2.79. The van der Waals surface area contributed by atoms with Crippen molar-refractivity contribution in [1.29, 1.82) is 0 Å². The fraction of sp³-hybridized carbons (Fsp3) is 0.450. The summed E-state index contributed by atoms with van der Waals surface area (Å²) in [7, 11) is 0. The average Bonchev–Trinajstić information content (AvgIpc) is 2.65. The van der Waals surface area contributed by atoms with Crippen LogP contribution in [0.4, 0.5) is 36.3 Å². The predicted octanol–water partition coefficient (Wildman–Crippen LogP) is 2.90. The van der Waals surface area contributed by atoms with Gasteiger partial charge in [0, 0.05) is 49.8 Å². The Morgan fingerprint density at radius 3 is 2.44 bits per heavy atom. The third-order valence-electron chi connectivity index (χ3n) is 5.51. The van der Waals surface area contributed by atoms with Crippen LogP contribution in [-0.4, -0.2) is 48.1 Å². The number of primary amides is 1. The Bertz CT molecular complexity index is 984. The second kappa shape index (κ2) is 9.37. The number of rotatable bonds is 5. The number of alkyl halides is 3. The molecule has 12 heteroatoms. The Morgan fingerprint density at radius 2 is 1.84 bits per heavy atom. The number of piperidine rings is 1. The second-order valence-corrected chi connectivity index (χ2v) is 7.88. The van der Waals surface area contributed by atoms with Crippen LogP contribution in [0.1, 0.15) is 35.2 Å². The summed E-state index contributed by atoms with van der Waals surface area (Å²) in [6.45, 7) is 2.64. The molecular formula is C20H25ClF3N7O. The van der Waals surface area contributed by atoms with Crippen molar-refractivity contribution >= 4 is 41.5 Å². The minimum Gasteiger partial charge on any atom is -0.371 e. The number of carbonyl (C=O) groups is 1. The molecule has 174 valence electrons. The molecular weight excluding hydrogens is 447 g/mol. The first kappa shape index (κ1) is 23.9. The van der Waals surface area contributed by atoms with Crippen LogP contribution in [0.5, 0.6) is 0 Å². The Kier molecular flexibility index (Phi) is 6.99. The van der Waals surface area contributed by atoms with Crippen LogP contribution < -0.4 is 26.6 Å². The lowest BCUT2D eigenvalue weighted by atomic mass is 10.1. The lowest BCUT2D eigenvalue weighted by Gasteiger charge is -2.34. The molecule has 4 rings (SSSR count). The molecule has 8 nitrogen and oxygen atoms in total. The molecule has 1 aromatic heterocycles. The molecule has 1 aromatic carbocycles. The molecule has 0 saturated carbocycles. The van der Waals surface area contributed by atoms with Gasteiger partial charge < -0.3 is 26.6 Å². The number of hydrogen-bond donors (Lipinski definition) is 3. The van der Waals surface area contributed by atoms with Crippen molar-refractivity contribution in [1.82, 2.24) is 9.97 Å². The van der Waals surface area contributed by atoms with Gasteiger partial charge in [0.2, 0.25) is 5.95 Å². The average molecular weight is 472 g/mol. The molecule has 1 atom stereocenters. The highest BCUT2D eigenvalue weighted by atomic mass is 35.5. The van der Waals surface area contributed by atoms with Crippen LogP contribution in [0.3, 0.4) is 0 Å². The van der Waals surface area contributed by atoms with Crippen LogP contribution in [0, 0.1) is 0 Å². The quantitative estimate of drug-likeness (QED) is 0.614. The molecule has 2 saturated heterocycles. The number of amides is 1. The molecule has 32 heavy (non-hydrogen) atoms. The van der Waals surface area contributed by atoms with Crippen LogP contribution in [-0.2, 0) is 6.18 Å². The molecule has 2 aromatic rings. The summed E-state index contributed by atoms with van der Waals surface area (Å²) in [4.78, 5) is 24.3. The van der Waals surface area contributed by atoms with E-state index < -0.39 is 17.6 Å². The largest absolute Gasteiger partial charge is 0.416 e. The van der Waals surface area contributed by atoms with Gasteiger partial charge in [0.1, 0.15) is 11.4 Å². The Labute approximate surface area is 189 Å². The number of hydrogen-bond acceptors (Lipinski definition) is 7. The van der Waals surface area contributed by atoms with E-state index in [4.69, 9.17) is 11.5 Å². The maximum Gasteiger partial charge on any atom is 0.416 e. The second-order valence-electron chi connectivity index (χ2n) is 7.88. The molecule has 2 aliphatic rings. The summed E-state index contributed by atoms with van der Waals surface area (Å²) in [5.74, 6) is -0.373. The maximum atomic E-state index is 13.5. The molecule has 2 fully saturated rings. The van der Waals surface area contributed by atoms with E-state index in [-0.39, 0.29) is 35.5 Å². The van der Waals surface area contributed by atoms with Gasteiger partial charge in [-0.3, -0.25) is 4.79 Å². The number of nitrogens with two attached hydrogens (primary N) is 2. The van der Waals surface area contributed by atoms with Crippen molar-refractivity contribution in [2.24, 2.45) is 11.5 Å². The summed E-state index contributed by atoms with van der Waals surface area (Å²) >= 11 is 0. The van der Waals surface area contributed by atoms with Gasteiger partial charge in [0.05, 0.1) is 5.56 Å². The van der Waals surface area contributed by atoms with Gasteiger partial charge in [-0.2, -0.15) is 18.2 Å². The fourth-order valence-corrected chi connectivity index (χ4v) is 3.73. The zero-order chi connectivity index (χ0) is 22.2. The van der Waals surface area contributed by atoms with E-state index in [1.54, 1.807) is 6.07 Å². The number of nitrogens with one attached hydrogen (secondary N) is 1. The summed E-state index contributed by atoms with van der Waals surface area (Å²) in [5, 5.41) is 2.86. The third-order valence-corrected chi connectivity index (χ3v) is 5.51. The van der Waals surface area contributed by atoms with Gasteiger partial charge in [0.15, 0.2) is 0 Å². The van der Waals surface area contributed by atoms with Gasteiger partial charge in [-0.05, 0) is 37.5 Å². The molecule has 0 unspecified atom stereocenters. The minimum atomic E-state index is -4.51. The summed E-state index contributed by atoms with van der Waals surface area (Å²) in [6, 6.07) is 3.71. The molecule has 1 amide bonds. The van der Waals surface area contributed by atoms with E-state index in [2.05, 4.69) is 15.3 Å². The van der Waals surface area contributed by atoms with E-state index in [0.29, 0.717) is 37.8 Å². The van der Waals surface area contributed by atoms with E-state index in [9.17, 15) is 18.0 Å². The minimum absolute atomic E-state index is 0. The van der Waals surface area contributed by atoms with Crippen molar-refractivity contribution in [3.63, 3.8) is 0 Å². The molecule has 5 N–H and O–H groups in total. The monoisotopic (exact) mass is 471 g/mol. The number of carbonyl (C=O) groups excluding carboxylic acids is 1. The number of halogens is 4. The topological polar surface area (TPSA) is 113 Å². The standard InChI is InChI=1S/C20H24F3N7O.ClH/c21-20(22,23)12-7-14(9-15(8-12)29-5-2-6-29)27-18-16(17(25)31)10-26-19(28-18)30-4-1-3-13(24)11-30;/h7-10,13H,1-6,11,24H2,(H2,25,31)(H,26,27,28);1H/t13-;/m0./s1. The van der Waals surface area contributed by atoms with Crippen molar-refractivity contribution in [3.05, 3.63) is 35.5 Å². The van der Waals surface area contributed by atoms with E-state index in [1.807, 2.05) is 9.80 Å². The normalized spacial score (nSPS) is 18.6. The van der Waals surface area contributed by atoms with Crippen LogP contribution in [0.2, 0.25) is 0 Å². The van der Waals surface area contributed by atoms with Gasteiger partial charge in [-0.1, -0.05) is 0 Å². The Balaban J connectivity index is 0.00000289. The molecule has 2 aliphatic heterocycles. The highest BCUT2D eigenvalue weighted by Gasteiger charge is 2.32. The summed E-state index contributed by atoms with van der Waals surface area (Å²) < 4.78 is 40.4. The summed E-state index contributed by atoms with van der Waals surface area (Å²) in [6.07, 6.45) is -0.526. The highest BCUT2D eigenvalue weighted by molar-refractivity contribution is 5.98. The van der Waals surface area contributed by atoms with Crippen molar-refractivity contribution in [2.45, 2.75) is 31.5 Å². The maximum absolute atomic E-state index is 13.5. The first-order chi connectivity index (χ1) is 14.7. The van der Waals surface area contributed by atoms with E-state index in [1.165, 1.54) is 6.20 Å². The van der Waals surface area contributed by atoms with Gasteiger partial charge >= 0.3 is 6.18 Å². The Morgan fingerprint density at radius 1 is 1.12 bits per heavy atom.